The van der Waals surface area contributed by atoms with Gasteiger partial charge in [-0.1, -0.05) is 59.8 Å². The predicted octanol–water partition coefficient (Wildman–Crippen LogP) is 5.53. The number of rotatable bonds is 8. The normalized spacial score (nSPS) is 13.4. The molecule has 0 spiro atoms. The topological polar surface area (TPSA) is 61.9 Å². The van der Waals surface area contributed by atoms with E-state index in [9.17, 15) is 9.59 Å². The van der Waals surface area contributed by atoms with Crippen molar-refractivity contribution < 1.29 is 14.3 Å². The van der Waals surface area contributed by atoms with Gasteiger partial charge in [-0.3, -0.25) is 4.79 Å². The summed E-state index contributed by atoms with van der Waals surface area (Å²) in [6.45, 7) is 7.76. The number of nitrogens with zero attached hydrogens (tertiary/aromatic N) is 2. The first-order valence-electron chi connectivity index (χ1n) is 12.4. The van der Waals surface area contributed by atoms with Crippen LogP contribution in [-0.4, -0.2) is 56.2 Å². The third kappa shape index (κ3) is 6.82. The predicted molar refractivity (Wildman–Crippen MR) is 145 cm³/mol. The Labute approximate surface area is 217 Å². The fourth-order valence-electron chi connectivity index (χ4n) is 4.18. The highest BCUT2D eigenvalue weighted by Crippen LogP contribution is 2.37. The van der Waals surface area contributed by atoms with Gasteiger partial charge < -0.3 is 19.9 Å². The fraction of sp³-hybridized carbons (Fsp3) is 0.310. The lowest BCUT2D eigenvalue weighted by Crippen LogP contribution is -2.49. The summed E-state index contributed by atoms with van der Waals surface area (Å²) in [6.07, 6.45) is 0.287. The molecule has 0 radical (unpaired) electrons. The van der Waals surface area contributed by atoms with Crippen molar-refractivity contribution in [3.8, 4) is 0 Å². The maximum Gasteiger partial charge on any atom is 0.409 e. The second-order valence-corrected chi connectivity index (χ2v) is 9.99. The third-order valence-electron chi connectivity index (χ3n) is 6.16. The number of piperazine rings is 1. The fourth-order valence-corrected chi connectivity index (χ4v) is 5.22. The molecule has 188 valence electrons. The number of carbonyl (C=O) groups is 2. The van der Waals surface area contributed by atoms with Crippen molar-refractivity contribution in [3.05, 3.63) is 89.5 Å². The zero-order valence-corrected chi connectivity index (χ0v) is 21.7. The summed E-state index contributed by atoms with van der Waals surface area (Å²) in [5, 5.41) is 2.85. The van der Waals surface area contributed by atoms with Gasteiger partial charge in [0.2, 0.25) is 0 Å². The van der Waals surface area contributed by atoms with Crippen LogP contribution in [0.1, 0.15) is 27.9 Å². The quantitative estimate of drug-likeness (QED) is 0.410. The molecule has 1 aliphatic rings. The van der Waals surface area contributed by atoms with E-state index in [-0.39, 0.29) is 18.6 Å². The zero-order chi connectivity index (χ0) is 25.3. The average Bonchev–Trinajstić information content (AvgIpc) is 2.91. The molecule has 1 N–H and O–H groups in total. The number of amides is 2. The number of nitrogens with one attached hydrogen (secondary N) is 1. The molecule has 1 aliphatic heterocycles. The van der Waals surface area contributed by atoms with E-state index in [4.69, 9.17) is 4.74 Å². The molecule has 6 nitrogen and oxygen atoms in total. The Morgan fingerprint density at radius 3 is 2.36 bits per heavy atom. The second kappa shape index (κ2) is 12.5. The zero-order valence-electron chi connectivity index (χ0n) is 20.9. The first kappa shape index (κ1) is 25.6. The van der Waals surface area contributed by atoms with Crippen molar-refractivity contribution in [2.24, 2.45) is 0 Å². The van der Waals surface area contributed by atoms with Crippen molar-refractivity contribution in [2.45, 2.75) is 30.1 Å². The lowest BCUT2D eigenvalue weighted by Gasteiger charge is -2.36. The van der Waals surface area contributed by atoms with Gasteiger partial charge >= 0.3 is 6.09 Å². The molecule has 1 fully saturated rings. The molecule has 1 heterocycles. The summed E-state index contributed by atoms with van der Waals surface area (Å²) < 4.78 is 5.45. The average molecular weight is 504 g/mol. The maximum absolute atomic E-state index is 12.5. The Balaban J connectivity index is 1.22. The van der Waals surface area contributed by atoms with E-state index in [0.717, 1.165) is 13.1 Å². The molecule has 3 aromatic carbocycles. The first-order valence-corrected chi connectivity index (χ1v) is 13.2. The molecular weight excluding hydrogens is 470 g/mol. The van der Waals surface area contributed by atoms with Gasteiger partial charge in [0.25, 0.3) is 5.91 Å². The summed E-state index contributed by atoms with van der Waals surface area (Å²) in [6, 6.07) is 24.1. The van der Waals surface area contributed by atoms with Crippen LogP contribution in [-0.2, 0) is 4.74 Å². The van der Waals surface area contributed by atoms with Gasteiger partial charge in [-0.15, -0.1) is 0 Å². The van der Waals surface area contributed by atoms with Crippen LogP contribution in [0, 0.1) is 13.8 Å². The lowest BCUT2D eigenvalue weighted by molar-refractivity contribution is 0.0929. The van der Waals surface area contributed by atoms with E-state index >= 15 is 0 Å². The van der Waals surface area contributed by atoms with Crippen LogP contribution in [0.25, 0.3) is 0 Å². The van der Waals surface area contributed by atoms with Crippen molar-refractivity contribution in [1.82, 2.24) is 10.2 Å². The summed E-state index contributed by atoms with van der Waals surface area (Å²) in [4.78, 5) is 31.2. The van der Waals surface area contributed by atoms with Crippen LogP contribution in [0.2, 0.25) is 0 Å². The summed E-state index contributed by atoms with van der Waals surface area (Å²) in [7, 11) is 0. The Bertz CT molecular complexity index is 1180. The van der Waals surface area contributed by atoms with Crippen molar-refractivity contribution in [1.29, 1.82) is 0 Å². The molecule has 0 saturated carbocycles. The van der Waals surface area contributed by atoms with Gasteiger partial charge in [0.1, 0.15) is 0 Å². The molecule has 0 unspecified atom stereocenters. The van der Waals surface area contributed by atoms with Crippen LogP contribution in [0.3, 0.4) is 0 Å². The SMILES string of the molecule is Cc1ccc(Sc2ccccc2N2CCN(C(=O)OCCCNC(=O)c3ccccc3)CC2)c(C)c1. The van der Waals surface area contributed by atoms with E-state index < -0.39 is 0 Å². The number of hydrogen-bond acceptors (Lipinski definition) is 5. The first-order chi connectivity index (χ1) is 17.5. The van der Waals surface area contributed by atoms with Crippen molar-refractivity contribution >= 4 is 29.4 Å². The Kier molecular flexibility index (Phi) is 8.90. The highest BCUT2D eigenvalue weighted by atomic mass is 32.2. The number of carbonyl (C=O) groups excluding carboxylic acids is 2. The molecular formula is C29H33N3O3S. The molecule has 4 rings (SSSR count). The van der Waals surface area contributed by atoms with Gasteiger partial charge in [0, 0.05) is 48.1 Å². The van der Waals surface area contributed by atoms with Crippen LogP contribution in [0.15, 0.2) is 82.6 Å². The van der Waals surface area contributed by atoms with E-state index in [1.807, 2.05) is 18.2 Å². The highest BCUT2D eigenvalue weighted by Gasteiger charge is 2.23. The van der Waals surface area contributed by atoms with Gasteiger partial charge in [-0.2, -0.15) is 0 Å². The minimum Gasteiger partial charge on any atom is -0.449 e. The molecule has 0 aliphatic carbocycles. The van der Waals surface area contributed by atoms with Crippen LogP contribution < -0.4 is 10.2 Å². The molecule has 7 heteroatoms. The number of hydrogen-bond donors (Lipinski definition) is 1. The van der Waals surface area contributed by atoms with Gasteiger partial charge in [0.15, 0.2) is 0 Å². The van der Waals surface area contributed by atoms with E-state index in [2.05, 4.69) is 66.5 Å². The maximum atomic E-state index is 12.5. The summed E-state index contributed by atoms with van der Waals surface area (Å²) >= 11 is 1.79. The minimum absolute atomic E-state index is 0.117. The van der Waals surface area contributed by atoms with Crippen LogP contribution in [0.5, 0.6) is 0 Å². The van der Waals surface area contributed by atoms with Gasteiger partial charge in [-0.25, -0.2) is 4.79 Å². The number of para-hydroxylation sites is 1. The van der Waals surface area contributed by atoms with Crippen LogP contribution >= 0.6 is 11.8 Å². The smallest absolute Gasteiger partial charge is 0.409 e. The Morgan fingerprint density at radius 1 is 0.889 bits per heavy atom. The largest absolute Gasteiger partial charge is 0.449 e. The molecule has 0 atom stereocenters. The molecule has 36 heavy (non-hydrogen) atoms. The lowest BCUT2D eigenvalue weighted by atomic mass is 10.2. The molecule has 0 aromatic heterocycles. The second-order valence-electron chi connectivity index (χ2n) is 8.90. The molecule has 2 amide bonds. The monoisotopic (exact) mass is 503 g/mol. The van der Waals surface area contributed by atoms with E-state index in [1.165, 1.54) is 26.6 Å². The van der Waals surface area contributed by atoms with E-state index in [1.54, 1.807) is 28.8 Å². The summed E-state index contributed by atoms with van der Waals surface area (Å²) in [5.41, 5.74) is 4.37. The molecule has 1 saturated heterocycles. The Hall–Kier alpha value is -3.45. The molecule has 0 bridgehead atoms. The summed E-state index contributed by atoms with van der Waals surface area (Å²) in [5.74, 6) is -0.117. The minimum atomic E-state index is -0.290. The highest BCUT2D eigenvalue weighted by molar-refractivity contribution is 7.99. The van der Waals surface area contributed by atoms with E-state index in [0.29, 0.717) is 31.6 Å². The van der Waals surface area contributed by atoms with Crippen molar-refractivity contribution in [3.63, 3.8) is 0 Å². The Morgan fingerprint density at radius 2 is 1.61 bits per heavy atom. The van der Waals surface area contributed by atoms with Gasteiger partial charge in [0.05, 0.1) is 12.3 Å². The van der Waals surface area contributed by atoms with Crippen LogP contribution in [0.4, 0.5) is 10.5 Å². The number of benzene rings is 3. The number of aryl methyl sites for hydroxylation is 2. The number of anilines is 1. The van der Waals surface area contributed by atoms with Gasteiger partial charge in [-0.05, 0) is 56.2 Å². The standard InChI is InChI=1S/C29H33N3O3S/c1-22-13-14-26(23(2)21-22)36-27-12-7-6-11-25(27)31-16-18-32(19-17-31)29(34)35-20-8-15-30-28(33)24-9-4-3-5-10-24/h3-7,9-14,21H,8,15-20H2,1-2H3,(H,30,33). The molecule has 3 aromatic rings. The third-order valence-corrected chi connectivity index (χ3v) is 7.41. The number of ether oxygens (including phenoxy) is 1. The van der Waals surface area contributed by atoms with Crippen molar-refractivity contribution in [2.75, 3.05) is 44.2 Å².